The number of benzene rings is 2. The van der Waals surface area contributed by atoms with Gasteiger partial charge in [-0.2, -0.15) is 8.78 Å². The van der Waals surface area contributed by atoms with Crippen LogP contribution in [0.4, 0.5) is 35.1 Å². The Morgan fingerprint density at radius 3 is 1.83 bits per heavy atom. The summed E-state index contributed by atoms with van der Waals surface area (Å²) in [6, 6.07) is -0.0135. The van der Waals surface area contributed by atoms with Crippen LogP contribution in [0.2, 0.25) is 0 Å². The fourth-order valence-corrected chi connectivity index (χ4v) is 1.76. The number of carbonyl (C=O) groups is 1. The van der Waals surface area contributed by atoms with E-state index in [1.54, 1.807) is 0 Å². The van der Waals surface area contributed by atoms with Crippen molar-refractivity contribution in [1.82, 2.24) is 0 Å². The molecule has 2 nitrogen and oxygen atoms in total. The SMILES string of the molecule is O=Cc1cc(F)c(C(F)(F)Oc2cc(F)c(F)c(F)c2)c(F)c1F. The molecule has 0 fully saturated rings. The van der Waals surface area contributed by atoms with Gasteiger partial charge in [0.25, 0.3) is 0 Å². The Labute approximate surface area is 128 Å². The Morgan fingerprint density at radius 2 is 1.33 bits per heavy atom. The molecule has 0 aromatic heterocycles. The molecular formula is C14H4F8O2. The maximum atomic E-state index is 13.8. The minimum atomic E-state index is -4.92. The van der Waals surface area contributed by atoms with E-state index in [9.17, 15) is 39.9 Å². The minimum absolute atomic E-state index is 0.00171. The van der Waals surface area contributed by atoms with E-state index in [-0.39, 0.29) is 24.5 Å². The monoisotopic (exact) mass is 356 g/mol. The Bertz CT molecular complexity index is 796. The number of carbonyl (C=O) groups excluding carboxylic acids is 1. The molecule has 0 aliphatic heterocycles. The molecule has 0 radical (unpaired) electrons. The van der Waals surface area contributed by atoms with Crippen LogP contribution in [0.5, 0.6) is 5.75 Å². The molecule has 2 rings (SSSR count). The highest BCUT2D eigenvalue weighted by molar-refractivity contribution is 5.75. The first kappa shape index (κ1) is 17.7. The Kier molecular flexibility index (Phi) is 4.50. The van der Waals surface area contributed by atoms with Gasteiger partial charge in [-0.05, 0) is 6.07 Å². The van der Waals surface area contributed by atoms with Crippen LogP contribution in [-0.4, -0.2) is 6.29 Å². The molecule has 0 heterocycles. The average molecular weight is 356 g/mol. The van der Waals surface area contributed by atoms with E-state index in [0.29, 0.717) is 0 Å². The van der Waals surface area contributed by atoms with Crippen molar-refractivity contribution >= 4 is 6.29 Å². The molecule has 10 heteroatoms. The number of halogens is 8. The van der Waals surface area contributed by atoms with Gasteiger partial charge >= 0.3 is 6.11 Å². The van der Waals surface area contributed by atoms with Gasteiger partial charge in [0.15, 0.2) is 35.4 Å². The molecule has 0 N–H and O–H groups in total. The van der Waals surface area contributed by atoms with Crippen molar-refractivity contribution in [3.63, 3.8) is 0 Å². The maximum Gasteiger partial charge on any atom is 0.432 e. The van der Waals surface area contributed by atoms with Gasteiger partial charge in [0, 0.05) is 12.1 Å². The maximum absolute atomic E-state index is 13.8. The van der Waals surface area contributed by atoms with E-state index >= 15 is 0 Å². The third-order valence-corrected chi connectivity index (χ3v) is 2.81. The number of hydrogen-bond acceptors (Lipinski definition) is 2. The smallest absolute Gasteiger partial charge is 0.429 e. The van der Waals surface area contributed by atoms with E-state index < -0.39 is 57.9 Å². The Balaban J connectivity index is 2.52. The summed E-state index contributed by atoms with van der Waals surface area (Å²) in [4.78, 5) is 10.4. The molecule has 0 saturated heterocycles. The molecule has 0 atom stereocenters. The minimum Gasteiger partial charge on any atom is -0.429 e. The molecule has 0 saturated carbocycles. The molecule has 0 aliphatic rings. The first-order valence-corrected chi connectivity index (χ1v) is 5.93. The number of rotatable bonds is 4. The molecule has 0 aliphatic carbocycles. The van der Waals surface area contributed by atoms with Gasteiger partial charge in [-0.15, -0.1) is 0 Å². The second-order valence-electron chi connectivity index (χ2n) is 4.39. The molecule has 0 amide bonds. The van der Waals surface area contributed by atoms with Crippen molar-refractivity contribution in [2.45, 2.75) is 6.11 Å². The first-order valence-electron chi connectivity index (χ1n) is 5.93. The van der Waals surface area contributed by atoms with Crippen LogP contribution in [0.3, 0.4) is 0 Å². The topological polar surface area (TPSA) is 26.3 Å². The van der Waals surface area contributed by atoms with Crippen LogP contribution in [0.25, 0.3) is 0 Å². The van der Waals surface area contributed by atoms with Gasteiger partial charge in [0.2, 0.25) is 0 Å². The van der Waals surface area contributed by atoms with Crippen LogP contribution in [0.1, 0.15) is 15.9 Å². The van der Waals surface area contributed by atoms with Gasteiger partial charge < -0.3 is 4.74 Å². The molecule has 2 aromatic rings. The summed E-state index contributed by atoms with van der Waals surface area (Å²) < 4.78 is 111. The van der Waals surface area contributed by atoms with Crippen LogP contribution in [0, 0.1) is 34.9 Å². The molecule has 0 spiro atoms. The summed E-state index contributed by atoms with van der Waals surface area (Å²) in [5.41, 5.74) is -3.39. The van der Waals surface area contributed by atoms with Gasteiger partial charge in [-0.25, -0.2) is 26.3 Å². The third-order valence-electron chi connectivity index (χ3n) is 2.81. The zero-order valence-corrected chi connectivity index (χ0v) is 11.1. The summed E-state index contributed by atoms with van der Waals surface area (Å²) >= 11 is 0. The lowest BCUT2D eigenvalue weighted by molar-refractivity contribution is -0.190. The van der Waals surface area contributed by atoms with Crippen LogP contribution in [0.15, 0.2) is 18.2 Å². The van der Waals surface area contributed by atoms with Gasteiger partial charge in [0.1, 0.15) is 17.1 Å². The van der Waals surface area contributed by atoms with E-state index in [1.807, 2.05) is 0 Å². The van der Waals surface area contributed by atoms with Gasteiger partial charge in [0.05, 0.1) is 5.56 Å². The highest BCUT2D eigenvalue weighted by Gasteiger charge is 2.43. The van der Waals surface area contributed by atoms with E-state index in [4.69, 9.17) is 0 Å². The number of alkyl halides is 2. The van der Waals surface area contributed by atoms with Gasteiger partial charge in [-0.3, -0.25) is 4.79 Å². The number of aldehydes is 1. The third kappa shape index (κ3) is 3.03. The molecular weight excluding hydrogens is 352 g/mol. The summed E-state index contributed by atoms with van der Waals surface area (Å²) in [5.74, 6) is -13.6. The Morgan fingerprint density at radius 1 is 0.792 bits per heavy atom. The van der Waals surface area contributed by atoms with Crippen molar-refractivity contribution < 1.29 is 44.7 Å². The molecule has 0 unspecified atom stereocenters. The average Bonchev–Trinajstić information content (AvgIpc) is 2.47. The van der Waals surface area contributed by atoms with E-state index in [1.165, 1.54) is 0 Å². The summed E-state index contributed by atoms with van der Waals surface area (Å²) in [6.07, 6.45) is -5.23. The van der Waals surface area contributed by atoms with Crippen molar-refractivity contribution in [2.24, 2.45) is 0 Å². The van der Waals surface area contributed by atoms with Crippen LogP contribution >= 0.6 is 0 Å². The quantitative estimate of drug-likeness (QED) is 0.350. The predicted octanol–water partition coefficient (Wildman–Crippen LogP) is 4.46. The van der Waals surface area contributed by atoms with Crippen molar-refractivity contribution in [3.05, 3.63) is 64.2 Å². The second kappa shape index (κ2) is 6.10. The van der Waals surface area contributed by atoms with Crippen LogP contribution < -0.4 is 4.74 Å². The molecule has 0 bridgehead atoms. The lowest BCUT2D eigenvalue weighted by atomic mass is 10.1. The molecule has 128 valence electrons. The van der Waals surface area contributed by atoms with E-state index in [0.717, 1.165) is 0 Å². The van der Waals surface area contributed by atoms with Crippen molar-refractivity contribution in [1.29, 1.82) is 0 Å². The van der Waals surface area contributed by atoms with E-state index in [2.05, 4.69) is 4.74 Å². The highest BCUT2D eigenvalue weighted by Crippen LogP contribution is 2.37. The van der Waals surface area contributed by atoms with Crippen LogP contribution in [-0.2, 0) is 6.11 Å². The lowest BCUT2D eigenvalue weighted by Crippen LogP contribution is -2.26. The second-order valence-corrected chi connectivity index (χ2v) is 4.39. The summed E-state index contributed by atoms with van der Waals surface area (Å²) in [6.45, 7) is 0. The zero-order valence-electron chi connectivity index (χ0n) is 11.1. The molecule has 2 aromatic carbocycles. The molecule has 24 heavy (non-hydrogen) atoms. The van der Waals surface area contributed by atoms with Crippen molar-refractivity contribution in [3.8, 4) is 5.75 Å². The lowest BCUT2D eigenvalue weighted by Gasteiger charge is -2.20. The van der Waals surface area contributed by atoms with Gasteiger partial charge in [-0.1, -0.05) is 0 Å². The predicted molar refractivity (Wildman–Crippen MR) is 62.5 cm³/mol. The highest BCUT2D eigenvalue weighted by atomic mass is 19.3. The first-order chi connectivity index (χ1) is 11.1. The number of ether oxygens (including phenoxy) is 1. The largest absolute Gasteiger partial charge is 0.432 e. The standard InChI is InChI=1S/C14H4F8O2/c15-7-1-5(4-23)11(18)13(20)10(7)14(21,22)24-6-2-8(16)12(19)9(17)3-6/h1-4H. The normalized spacial score (nSPS) is 11.5. The van der Waals surface area contributed by atoms with Crippen molar-refractivity contribution in [2.75, 3.05) is 0 Å². The zero-order chi connectivity index (χ0) is 18.2. The Hall–Kier alpha value is -2.65. The fourth-order valence-electron chi connectivity index (χ4n) is 1.76. The summed E-state index contributed by atoms with van der Waals surface area (Å²) in [5, 5.41) is 0. The fraction of sp³-hybridized carbons (Fsp3) is 0.0714. The summed E-state index contributed by atoms with van der Waals surface area (Å²) in [7, 11) is 0. The number of hydrogen-bond donors (Lipinski definition) is 0.